The molecule has 8 nitrogen and oxygen atoms in total. The molecule has 10 heteroatoms. The molecule has 2 N–H and O–H groups in total. The third-order valence-corrected chi connectivity index (χ3v) is 6.10. The molecule has 0 fully saturated rings. The van der Waals surface area contributed by atoms with Crippen molar-refractivity contribution in [2.45, 2.75) is 25.7 Å². The maximum Gasteiger partial charge on any atom is 0.270 e. The van der Waals surface area contributed by atoms with Gasteiger partial charge < -0.3 is 0 Å². The van der Waals surface area contributed by atoms with Gasteiger partial charge in [0, 0.05) is 12.1 Å². The molecule has 3 aromatic carbocycles. The van der Waals surface area contributed by atoms with E-state index in [1.54, 1.807) is 26.0 Å². The minimum absolute atomic E-state index is 0.0503. The number of halogens is 1. The number of hydrazone groups is 1. The van der Waals surface area contributed by atoms with E-state index < -0.39 is 20.8 Å². The summed E-state index contributed by atoms with van der Waals surface area (Å²) in [5.41, 5.74) is 5.46. The molecule has 0 atom stereocenters. The van der Waals surface area contributed by atoms with Gasteiger partial charge in [0.05, 0.1) is 22.0 Å². The van der Waals surface area contributed by atoms with Crippen molar-refractivity contribution in [2.75, 3.05) is 10.1 Å². The predicted molar refractivity (Wildman–Crippen MR) is 122 cm³/mol. The molecule has 0 saturated heterocycles. The SMILES string of the molecule is CC(=NNc1ccc([N+](=O)[O-])cc1S(=O)(=O)Nc1ccc(C)cc1C)c1ccc(F)cc1. The number of benzene rings is 3. The minimum atomic E-state index is -4.19. The van der Waals surface area contributed by atoms with Gasteiger partial charge in [-0.05, 0) is 56.2 Å². The molecule has 32 heavy (non-hydrogen) atoms. The van der Waals surface area contributed by atoms with E-state index in [1.165, 1.54) is 36.4 Å². The summed E-state index contributed by atoms with van der Waals surface area (Å²) in [6, 6.07) is 14.3. The van der Waals surface area contributed by atoms with Crippen LogP contribution in [-0.4, -0.2) is 19.1 Å². The first kappa shape index (κ1) is 22.9. The second kappa shape index (κ2) is 9.15. The summed E-state index contributed by atoms with van der Waals surface area (Å²) in [7, 11) is -4.19. The van der Waals surface area contributed by atoms with Gasteiger partial charge in [-0.15, -0.1) is 0 Å². The number of sulfonamides is 1. The predicted octanol–water partition coefficient (Wildman–Crippen LogP) is 4.99. The Morgan fingerprint density at radius 2 is 1.66 bits per heavy atom. The second-order valence-electron chi connectivity index (χ2n) is 7.18. The zero-order valence-electron chi connectivity index (χ0n) is 17.6. The van der Waals surface area contributed by atoms with Crippen LogP contribution in [0.1, 0.15) is 23.6 Å². The van der Waals surface area contributed by atoms with Crippen LogP contribution in [0.2, 0.25) is 0 Å². The number of nitrogens with zero attached hydrogens (tertiary/aromatic N) is 2. The number of rotatable bonds is 7. The second-order valence-corrected chi connectivity index (χ2v) is 8.83. The standard InChI is InChI=1S/C22H21FN4O4S/c1-14-4-10-20(15(2)12-14)26-32(30,31)22-13-19(27(28)29)9-11-21(22)25-24-16(3)17-5-7-18(23)8-6-17/h4-13,25-26H,1-3H3. The Hall–Kier alpha value is -3.79. The van der Waals surface area contributed by atoms with Crippen molar-refractivity contribution < 1.29 is 17.7 Å². The van der Waals surface area contributed by atoms with Crippen LogP contribution in [0.4, 0.5) is 21.5 Å². The maximum absolute atomic E-state index is 13.1. The number of nitro benzene ring substituents is 1. The summed E-state index contributed by atoms with van der Waals surface area (Å²) < 4.78 is 41.9. The van der Waals surface area contributed by atoms with E-state index in [1.807, 2.05) is 13.0 Å². The quantitative estimate of drug-likeness (QED) is 0.295. The van der Waals surface area contributed by atoms with Gasteiger partial charge in [0.15, 0.2) is 0 Å². The highest BCUT2D eigenvalue weighted by Gasteiger charge is 2.23. The monoisotopic (exact) mass is 456 g/mol. The molecule has 0 aliphatic carbocycles. The Kier molecular flexibility index (Phi) is 6.54. The maximum atomic E-state index is 13.1. The Balaban J connectivity index is 1.99. The number of nitrogens with one attached hydrogen (secondary N) is 2. The van der Waals surface area contributed by atoms with Crippen molar-refractivity contribution in [3.8, 4) is 0 Å². The van der Waals surface area contributed by atoms with Crippen molar-refractivity contribution in [1.29, 1.82) is 0 Å². The average Bonchev–Trinajstić information content (AvgIpc) is 2.74. The Morgan fingerprint density at radius 1 is 1.00 bits per heavy atom. The zero-order valence-corrected chi connectivity index (χ0v) is 18.4. The van der Waals surface area contributed by atoms with Crippen LogP contribution in [0.15, 0.2) is 70.7 Å². The number of hydrogen-bond donors (Lipinski definition) is 2. The van der Waals surface area contributed by atoms with E-state index in [4.69, 9.17) is 0 Å². The van der Waals surface area contributed by atoms with E-state index >= 15 is 0 Å². The van der Waals surface area contributed by atoms with Crippen LogP contribution in [-0.2, 0) is 10.0 Å². The van der Waals surface area contributed by atoms with Crippen molar-refractivity contribution in [2.24, 2.45) is 5.10 Å². The summed E-state index contributed by atoms with van der Waals surface area (Å²) in [6.07, 6.45) is 0. The van der Waals surface area contributed by atoms with Gasteiger partial charge in [-0.3, -0.25) is 20.3 Å². The van der Waals surface area contributed by atoms with Gasteiger partial charge in [0.2, 0.25) is 0 Å². The van der Waals surface area contributed by atoms with Gasteiger partial charge in [-0.25, -0.2) is 12.8 Å². The van der Waals surface area contributed by atoms with E-state index in [0.717, 1.165) is 11.6 Å². The fourth-order valence-corrected chi connectivity index (χ4v) is 4.27. The van der Waals surface area contributed by atoms with E-state index in [9.17, 15) is 22.9 Å². The topological polar surface area (TPSA) is 114 Å². The molecule has 0 spiro atoms. The van der Waals surface area contributed by atoms with Crippen molar-refractivity contribution in [1.82, 2.24) is 0 Å². The van der Waals surface area contributed by atoms with Gasteiger partial charge in [0.25, 0.3) is 15.7 Å². The third-order valence-electron chi connectivity index (χ3n) is 4.70. The van der Waals surface area contributed by atoms with Crippen LogP contribution in [0.5, 0.6) is 0 Å². The van der Waals surface area contributed by atoms with Crippen LogP contribution in [0, 0.1) is 29.8 Å². The molecular weight excluding hydrogens is 435 g/mol. The van der Waals surface area contributed by atoms with E-state index in [2.05, 4.69) is 15.2 Å². The molecule has 3 aromatic rings. The van der Waals surface area contributed by atoms with Gasteiger partial charge >= 0.3 is 0 Å². The highest BCUT2D eigenvalue weighted by atomic mass is 32.2. The normalized spacial score (nSPS) is 11.8. The summed E-state index contributed by atoms with van der Waals surface area (Å²) in [5.74, 6) is -0.393. The molecule has 0 radical (unpaired) electrons. The summed E-state index contributed by atoms with van der Waals surface area (Å²) >= 11 is 0. The lowest BCUT2D eigenvalue weighted by molar-refractivity contribution is -0.385. The average molecular weight is 456 g/mol. The van der Waals surface area contributed by atoms with Crippen LogP contribution >= 0.6 is 0 Å². The zero-order chi connectivity index (χ0) is 23.5. The summed E-state index contributed by atoms with van der Waals surface area (Å²) in [6.45, 7) is 5.30. The lowest BCUT2D eigenvalue weighted by Crippen LogP contribution is -2.16. The molecule has 0 unspecified atom stereocenters. The molecule has 0 bridgehead atoms. The molecule has 0 aromatic heterocycles. The minimum Gasteiger partial charge on any atom is -0.279 e. The molecular formula is C22H21FN4O4S. The Bertz CT molecular complexity index is 1310. The lowest BCUT2D eigenvalue weighted by Gasteiger charge is -2.14. The molecule has 0 saturated carbocycles. The molecule has 0 aliphatic rings. The van der Waals surface area contributed by atoms with Crippen LogP contribution in [0.25, 0.3) is 0 Å². The summed E-state index contributed by atoms with van der Waals surface area (Å²) in [5, 5.41) is 15.4. The number of aryl methyl sites for hydroxylation is 2. The largest absolute Gasteiger partial charge is 0.279 e. The smallest absolute Gasteiger partial charge is 0.270 e. The highest BCUT2D eigenvalue weighted by molar-refractivity contribution is 7.92. The molecule has 0 heterocycles. The highest BCUT2D eigenvalue weighted by Crippen LogP contribution is 2.29. The Morgan fingerprint density at radius 3 is 2.28 bits per heavy atom. The van der Waals surface area contributed by atoms with Crippen molar-refractivity contribution >= 4 is 32.8 Å². The first-order valence-electron chi connectivity index (χ1n) is 9.51. The molecule has 0 aliphatic heterocycles. The number of nitro groups is 1. The fourth-order valence-electron chi connectivity index (χ4n) is 2.97. The van der Waals surface area contributed by atoms with Gasteiger partial charge in [-0.2, -0.15) is 5.10 Å². The first-order chi connectivity index (χ1) is 15.1. The van der Waals surface area contributed by atoms with Gasteiger partial charge in [-0.1, -0.05) is 29.8 Å². The number of hydrogen-bond acceptors (Lipinski definition) is 6. The fraction of sp³-hybridized carbons (Fsp3) is 0.136. The van der Waals surface area contributed by atoms with E-state index in [0.29, 0.717) is 22.5 Å². The van der Waals surface area contributed by atoms with Crippen LogP contribution < -0.4 is 10.1 Å². The van der Waals surface area contributed by atoms with Crippen LogP contribution in [0.3, 0.4) is 0 Å². The molecule has 166 valence electrons. The third kappa shape index (κ3) is 5.27. The Labute approximate surface area is 185 Å². The molecule has 0 amide bonds. The van der Waals surface area contributed by atoms with Gasteiger partial charge in [0.1, 0.15) is 10.7 Å². The van der Waals surface area contributed by atoms with E-state index in [-0.39, 0.29) is 16.3 Å². The first-order valence-corrected chi connectivity index (χ1v) is 11.0. The lowest BCUT2D eigenvalue weighted by atomic mass is 10.1. The number of anilines is 2. The number of non-ortho nitro benzene ring substituents is 1. The summed E-state index contributed by atoms with van der Waals surface area (Å²) in [4.78, 5) is 10.2. The van der Waals surface area contributed by atoms with Crippen molar-refractivity contribution in [3.63, 3.8) is 0 Å². The van der Waals surface area contributed by atoms with Crippen molar-refractivity contribution in [3.05, 3.63) is 93.3 Å². The molecule has 3 rings (SSSR count).